The van der Waals surface area contributed by atoms with Crippen molar-refractivity contribution < 1.29 is 18.0 Å². The van der Waals surface area contributed by atoms with Crippen molar-refractivity contribution in [3.05, 3.63) is 59.6 Å². The lowest BCUT2D eigenvalue weighted by Gasteiger charge is -2.21. The normalized spacial score (nSPS) is 17.2. The van der Waals surface area contributed by atoms with Gasteiger partial charge in [-0.25, -0.2) is 13.1 Å². The average molecular weight is 473 g/mol. The second-order valence-corrected chi connectivity index (χ2v) is 10.8. The monoisotopic (exact) mass is 472 g/mol. The van der Waals surface area contributed by atoms with Gasteiger partial charge in [-0.15, -0.1) is 11.3 Å². The Balaban J connectivity index is 1.56. The number of rotatable bonds is 7. The second kappa shape index (κ2) is 9.25. The van der Waals surface area contributed by atoms with Crippen molar-refractivity contribution in [2.75, 3.05) is 24.6 Å². The van der Waals surface area contributed by atoms with Crippen LogP contribution in [0.5, 0.6) is 0 Å². The summed E-state index contributed by atoms with van der Waals surface area (Å²) < 4.78 is 24.9. The maximum atomic E-state index is 13.4. The molecule has 1 atom stereocenters. The molecule has 1 saturated heterocycles. The van der Waals surface area contributed by atoms with E-state index in [0.29, 0.717) is 24.2 Å². The third-order valence-corrected chi connectivity index (χ3v) is 7.97. The number of carbonyl (C=O) groups is 2. The Kier molecular flexibility index (Phi) is 6.43. The standard InChI is InChI=1S/C22H24N4O4S2/c1-2-25(14-20(27)23-16-10-12-32(29,30)15-16)22(28)18-13-26(17-7-4-3-5-8-17)24-21(18)19-9-6-11-31-19/h3-9,11,13,16H,2,10,12,14-15H2,1H3,(H,23,27)/t16-/m1/s1. The summed E-state index contributed by atoms with van der Waals surface area (Å²) in [7, 11) is -3.09. The molecule has 0 saturated carbocycles. The van der Waals surface area contributed by atoms with E-state index in [1.807, 2.05) is 47.8 Å². The van der Waals surface area contributed by atoms with Crippen LogP contribution in [0.2, 0.25) is 0 Å². The van der Waals surface area contributed by atoms with Crippen LogP contribution in [0.1, 0.15) is 23.7 Å². The summed E-state index contributed by atoms with van der Waals surface area (Å²) in [5.41, 5.74) is 1.80. The van der Waals surface area contributed by atoms with Gasteiger partial charge >= 0.3 is 0 Å². The number of sulfone groups is 1. The second-order valence-electron chi connectivity index (χ2n) is 7.64. The summed E-state index contributed by atoms with van der Waals surface area (Å²) in [6.45, 7) is 1.99. The number of likely N-dealkylation sites (N-methyl/N-ethyl adjacent to an activating group) is 1. The molecular formula is C22H24N4O4S2. The number of nitrogens with one attached hydrogen (secondary N) is 1. The smallest absolute Gasteiger partial charge is 0.258 e. The van der Waals surface area contributed by atoms with Crippen molar-refractivity contribution in [2.24, 2.45) is 0 Å². The Bertz CT molecular complexity index is 1200. The van der Waals surface area contributed by atoms with Crippen LogP contribution in [-0.4, -0.2) is 65.5 Å². The van der Waals surface area contributed by atoms with E-state index >= 15 is 0 Å². The lowest BCUT2D eigenvalue weighted by molar-refractivity contribution is -0.122. The van der Waals surface area contributed by atoms with Crippen LogP contribution in [-0.2, 0) is 14.6 Å². The summed E-state index contributed by atoms with van der Waals surface area (Å²) in [5.74, 6) is -0.634. The predicted octanol–water partition coefficient (Wildman–Crippen LogP) is 2.37. The van der Waals surface area contributed by atoms with Crippen LogP contribution in [0, 0.1) is 0 Å². The third kappa shape index (κ3) is 4.91. The zero-order valence-corrected chi connectivity index (χ0v) is 19.2. The number of aromatic nitrogens is 2. The largest absolute Gasteiger partial charge is 0.351 e. The molecule has 4 rings (SSSR count). The highest BCUT2D eigenvalue weighted by molar-refractivity contribution is 7.91. The summed E-state index contributed by atoms with van der Waals surface area (Å²) in [6.07, 6.45) is 2.09. The van der Waals surface area contributed by atoms with Gasteiger partial charge in [0.25, 0.3) is 5.91 Å². The molecule has 1 N–H and O–H groups in total. The van der Waals surface area contributed by atoms with Gasteiger partial charge in [0.15, 0.2) is 9.84 Å². The molecular weight excluding hydrogens is 448 g/mol. The Labute approximate surface area is 190 Å². The molecule has 1 fully saturated rings. The van der Waals surface area contributed by atoms with Crippen LogP contribution >= 0.6 is 11.3 Å². The topological polar surface area (TPSA) is 101 Å². The first-order chi connectivity index (χ1) is 15.4. The molecule has 1 aliphatic heterocycles. The van der Waals surface area contributed by atoms with E-state index in [9.17, 15) is 18.0 Å². The van der Waals surface area contributed by atoms with E-state index in [-0.39, 0.29) is 29.9 Å². The van der Waals surface area contributed by atoms with E-state index in [1.165, 1.54) is 16.2 Å². The van der Waals surface area contributed by atoms with E-state index in [0.717, 1.165) is 10.6 Å². The fourth-order valence-electron chi connectivity index (χ4n) is 3.69. The molecule has 0 radical (unpaired) electrons. The number of para-hydroxylation sites is 1. The molecule has 32 heavy (non-hydrogen) atoms. The Hall–Kier alpha value is -2.98. The minimum Gasteiger partial charge on any atom is -0.351 e. The first-order valence-electron chi connectivity index (χ1n) is 10.3. The number of nitrogens with zero attached hydrogens (tertiary/aromatic N) is 3. The maximum absolute atomic E-state index is 13.4. The summed E-state index contributed by atoms with van der Waals surface area (Å²) in [4.78, 5) is 28.3. The number of benzene rings is 1. The molecule has 0 bridgehead atoms. The van der Waals surface area contributed by atoms with Gasteiger partial charge in [-0.1, -0.05) is 24.3 Å². The van der Waals surface area contributed by atoms with E-state index in [4.69, 9.17) is 0 Å². The molecule has 3 aromatic rings. The van der Waals surface area contributed by atoms with Crippen LogP contribution in [0.15, 0.2) is 54.0 Å². The van der Waals surface area contributed by atoms with Crippen LogP contribution < -0.4 is 5.32 Å². The van der Waals surface area contributed by atoms with Gasteiger partial charge in [-0.3, -0.25) is 9.59 Å². The van der Waals surface area contributed by atoms with E-state index in [2.05, 4.69) is 10.4 Å². The molecule has 3 heterocycles. The Morgan fingerprint density at radius 2 is 2.00 bits per heavy atom. The molecule has 0 spiro atoms. The molecule has 8 nitrogen and oxygen atoms in total. The van der Waals surface area contributed by atoms with Crippen LogP contribution in [0.4, 0.5) is 0 Å². The Morgan fingerprint density at radius 3 is 2.62 bits per heavy atom. The van der Waals surface area contributed by atoms with Crippen molar-refractivity contribution in [1.82, 2.24) is 20.0 Å². The van der Waals surface area contributed by atoms with Crippen molar-refractivity contribution in [3.63, 3.8) is 0 Å². The first-order valence-corrected chi connectivity index (χ1v) is 13.0. The predicted molar refractivity (Wildman–Crippen MR) is 124 cm³/mol. The van der Waals surface area contributed by atoms with Gasteiger partial charge in [0.05, 0.1) is 34.2 Å². The van der Waals surface area contributed by atoms with E-state index in [1.54, 1.807) is 17.8 Å². The first kappa shape index (κ1) is 22.2. The minimum atomic E-state index is -3.09. The highest BCUT2D eigenvalue weighted by Crippen LogP contribution is 2.28. The molecule has 168 valence electrons. The zero-order valence-electron chi connectivity index (χ0n) is 17.6. The SMILES string of the molecule is CCN(CC(=O)N[C@@H]1CCS(=O)(=O)C1)C(=O)c1cn(-c2ccccc2)nc1-c1cccs1. The van der Waals surface area contributed by atoms with Gasteiger partial charge in [-0.2, -0.15) is 5.10 Å². The van der Waals surface area contributed by atoms with Gasteiger partial charge in [0.2, 0.25) is 5.91 Å². The highest BCUT2D eigenvalue weighted by atomic mass is 32.2. The van der Waals surface area contributed by atoms with E-state index < -0.39 is 15.9 Å². The minimum absolute atomic E-state index is 0.0504. The van der Waals surface area contributed by atoms with Crippen molar-refractivity contribution >= 4 is 33.0 Å². The number of amides is 2. The summed E-state index contributed by atoms with van der Waals surface area (Å²) in [5, 5.41) is 9.32. The van der Waals surface area contributed by atoms with Gasteiger partial charge in [-0.05, 0) is 36.9 Å². The number of hydrogen-bond donors (Lipinski definition) is 1. The van der Waals surface area contributed by atoms with Crippen molar-refractivity contribution in [1.29, 1.82) is 0 Å². The lowest BCUT2D eigenvalue weighted by atomic mass is 10.2. The quantitative estimate of drug-likeness (QED) is 0.569. The molecule has 0 aliphatic carbocycles. The molecule has 1 aromatic carbocycles. The lowest BCUT2D eigenvalue weighted by Crippen LogP contribution is -2.44. The fraction of sp³-hybridized carbons (Fsp3) is 0.318. The Morgan fingerprint density at radius 1 is 1.22 bits per heavy atom. The fourth-order valence-corrected chi connectivity index (χ4v) is 6.09. The maximum Gasteiger partial charge on any atom is 0.258 e. The van der Waals surface area contributed by atoms with Crippen molar-refractivity contribution in [2.45, 2.75) is 19.4 Å². The number of carbonyl (C=O) groups excluding carboxylic acids is 2. The molecule has 10 heteroatoms. The molecule has 2 amide bonds. The zero-order chi connectivity index (χ0) is 22.7. The summed E-state index contributed by atoms with van der Waals surface area (Å²) >= 11 is 1.49. The van der Waals surface area contributed by atoms with Gasteiger partial charge < -0.3 is 10.2 Å². The van der Waals surface area contributed by atoms with Gasteiger partial charge in [0.1, 0.15) is 5.69 Å². The highest BCUT2D eigenvalue weighted by Gasteiger charge is 2.30. The molecule has 0 unspecified atom stereocenters. The van der Waals surface area contributed by atoms with Crippen LogP contribution in [0.3, 0.4) is 0 Å². The molecule has 1 aliphatic rings. The van der Waals surface area contributed by atoms with Crippen LogP contribution in [0.25, 0.3) is 16.3 Å². The van der Waals surface area contributed by atoms with Gasteiger partial charge in [0, 0.05) is 18.8 Å². The molecule has 2 aromatic heterocycles. The number of hydrogen-bond acceptors (Lipinski definition) is 6. The summed E-state index contributed by atoms with van der Waals surface area (Å²) in [6, 6.07) is 12.9. The third-order valence-electron chi connectivity index (χ3n) is 5.32. The number of thiophene rings is 1. The average Bonchev–Trinajstić information content (AvgIpc) is 3.51. The van der Waals surface area contributed by atoms with Crippen molar-refractivity contribution in [3.8, 4) is 16.3 Å².